The van der Waals surface area contributed by atoms with Gasteiger partial charge in [-0.1, -0.05) is 38.1 Å². The maximum atomic E-state index is 12.7. The fraction of sp³-hybridized carbons (Fsp3) is 0.500. The molecule has 1 atom stereocenters. The molecule has 2 amide bonds. The van der Waals surface area contributed by atoms with Crippen molar-refractivity contribution in [3.8, 4) is 0 Å². The van der Waals surface area contributed by atoms with Gasteiger partial charge in [0.25, 0.3) is 0 Å². The van der Waals surface area contributed by atoms with Crippen molar-refractivity contribution < 1.29 is 14.3 Å². The second-order valence-electron chi connectivity index (χ2n) is 5.64. The minimum atomic E-state index is -0.570. The van der Waals surface area contributed by atoms with Gasteiger partial charge in [0.2, 0.25) is 5.91 Å². The minimum absolute atomic E-state index is 0.00812. The monoisotopic (exact) mass is 290 g/mol. The molecule has 0 aliphatic carbocycles. The number of ether oxygens (including phenoxy) is 1. The third kappa shape index (κ3) is 3.54. The number of hydrogen-bond donors (Lipinski definition) is 1. The average Bonchev–Trinajstić information content (AvgIpc) is 2.50. The van der Waals surface area contributed by atoms with Gasteiger partial charge in [-0.05, 0) is 23.5 Å². The summed E-state index contributed by atoms with van der Waals surface area (Å²) in [5, 5.41) is 2.63. The maximum Gasteiger partial charge on any atom is 0.407 e. The molecule has 0 fully saturated rings. The number of carbonyl (C=O) groups is 2. The lowest BCUT2D eigenvalue weighted by atomic mass is 9.97. The number of nitrogens with one attached hydrogen (secondary N) is 1. The molecule has 0 saturated heterocycles. The van der Waals surface area contributed by atoms with Crippen molar-refractivity contribution in [2.75, 3.05) is 13.7 Å². The lowest BCUT2D eigenvalue weighted by Gasteiger charge is -2.33. The van der Waals surface area contributed by atoms with Gasteiger partial charge in [-0.3, -0.25) is 4.79 Å². The van der Waals surface area contributed by atoms with Gasteiger partial charge in [-0.25, -0.2) is 4.79 Å². The molecule has 1 heterocycles. The SMILES string of the molecule is COC(=O)N[C@H](C(=O)N1CCc2ccccc2C1)C(C)C. The Morgan fingerprint density at radius 1 is 1.24 bits per heavy atom. The fourth-order valence-corrected chi connectivity index (χ4v) is 2.58. The van der Waals surface area contributed by atoms with Crippen LogP contribution in [0.2, 0.25) is 0 Å². The van der Waals surface area contributed by atoms with Crippen molar-refractivity contribution in [3.05, 3.63) is 35.4 Å². The van der Waals surface area contributed by atoms with Crippen molar-refractivity contribution in [1.82, 2.24) is 10.2 Å². The summed E-state index contributed by atoms with van der Waals surface area (Å²) < 4.78 is 4.60. The second-order valence-corrected chi connectivity index (χ2v) is 5.64. The summed E-state index contributed by atoms with van der Waals surface area (Å²) in [6, 6.07) is 7.60. The summed E-state index contributed by atoms with van der Waals surface area (Å²) in [6.07, 6.45) is 0.282. The number of hydrogen-bond acceptors (Lipinski definition) is 3. The zero-order valence-electron chi connectivity index (χ0n) is 12.8. The van der Waals surface area contributed by atoms with E-state index in [0.717, 1.165) is 6.42 Å². The smallest absolute Gasteiger partial charge is 0.407 e. The average molecular weight is 290 g/mol. The van der Waals surface area contributed by atoms with E-state index in [4.69, 9.17) is 0 Å². The molecule has 0 aromatic heterocycles. The predicted molar refractivity (Wildman–Crippen MR) is 79.7 cm³/mol. The van der Waals surface area contributed by atoms with E-state index in [0.29, 0.717) is 13.1 Å². The summed E-state index contributed by atoms with van der Waals surface area (Å²) >= 11 is 0. The summed E-state index contributed by atoms with van der Waals surface area (Å²) in [4.78, 5) is 25.9. The summed E-state index contributed by atoms with van der Waals surface area (Å²) in [5.74, 6) is -0.0429. The van der Waals surface area contributed by atoms with Crippen LogP contribution >= 0.6 is 0 Å². The Morgan fingerprint density at radius 2 is 1.90 bits per heavy atom. The first-order valence-electron chi connectivity index (χ1n) is 7.23. The van der Waals surface area contributed by atoms with Gasteiger partial charge < -0.3 is 15.0 Å². The van der Waals surface area contributed by atoms with Crippen LogP contribution in [0.1, 0.15) is 25.0 Å². The summed E-state index contributed by atoms with van der Waals surface area (Å²) in [5.41, 5.74) is 2.47. The number of nitrogens with zero attached hydrogens (tertiary/aromatic N) is 1. The highest BCUT2D eigenvalue weighted by Gasteiger charge is 2.30. The quantitative estimate of drug-likeness (QED) is 0.925. The van der Waals surface area contributed by atoms with Crippen LogP contribution in [0.3, 0.4) is 0 Å². The molecule has 0 bridgehead atoms. The van der Waals surface area contributed by atoms with Gasteiger partial charge in [-0.2, -0.15) is 0 Å². The van der Waals surface area contributed by atoms with Crippen LogP contribution in [-0.4, -0.2) is 36.6 Å². The van der Waals surface area contributed by atoms with E-state index in [-0.39, 0.29) is 11.8 Å². The molecule has 1 N–H and O–H groups in total. The number of alkyl carbamates (subject to hydrolysis) is 1. The lowest BCUT2D eigenvalue weighted by Crippen LogP contribution is -2.52. The molecule has 0 radical (unpaired) electrons. The van der Waals surface area contributed by atoms with E-state index in [9.17, 15) is 9.59 Å². The van der Waals surface area contributed by atoms with E-state index < -0.39 is 12.1 Å². The fourth-order valence-electron chi connectivity index (χ4n) is 2.58. The zero-order valence-corrected chi connectivity index (χ0v) is 12.8. The molecule has 5 nitrogen and oxygen atoms in total. The van der Waals surface area contributed by atoms with Crippen LogP contribution in [0.25, 0.3) is 0 Å². The molecule has 1 aromatic rings. The predicted octanol–water partition coefficient (Wildman–Crippen LogP) is 1.95. The van der Waals surface area contributed by atoms with E-state index in [1.54, 1.807) is 0 Å². The van der Waals surface area contributed by atoms with Crippen molar-refractivity contribution >= 4 is 12.0 Å². The molecule has 1 aromatic carbocycles. The van der Waals surface area contributed by atoms with E-state index in [2.05, 4.69) is 16.1 Å². The highest BCUT2D eigenvalue weighted by Crippen LogP contribution is 2.20. The van der Waals surface area contributed by atoms with Gasteiger partial charge in [0.05, 0.1) is 7.11 Å². The number of amides is 2. The van der Waals surface area contributed by atoms with Crippen LogP contribution in [-0.2, 0) is 22.5 Å². The molecule has 0 spiro atoms. The van der Waals surface area contributed by atoms with Crippen LogP contribution < -0.4 is 5.32 Å². The van der Waals surface area contributed by atoms with Gasteiger partial charge in [0.15, 0.2) is 0 Å². The summed E-state index contributed by atoms with van der Waals surface area (Å²) in [7, 11) is 1.30. The number of benzene rings is 1. The maximum absolute atomic E-state index is 12.7. The van der Waals surface area contributed by atoms with Crippen molar-refractivity contribution in [2.24, 2.45) is 5.92 Å². The normalized spacial score (nSPS) is 15.3. The van der Waals surface area contributed by atoms with Gasteiger partial charge in [0, 0.05) is 13.1 Å². The topological polar surface area (TPSA) is 58.6 Å². The molecular weight excluding hydrogens is 268 g/mol. The summed E-state index contributed by atoms with van der Waals surface area (Å²) in [6.45, 7) is 5.11. The zero-order chi connectivity index (χ0) is 15.4. The Kier molecular flexibility index (Phi) is 4.83. The molecule has 1 aliphatic heterocycles. The number of rotatable bonds is 3. The largest absolute Gasteiger partial charge is 0.453 e. The van der Waals surface area contributed by atoms with E-state index >= 15 is 0 Å². The first kappa shape index (κ1) is 15.4. The Balaban J connectivity index is 2.10. The van der Waals surface area contributed by atoms with Crippen molar-refractivity contribution in [1.29, 1.82) is 0 Å². The number of methoxy groups -OCH3 is 1. The molecule has 1 aliphatic rings. The van der Waals surface area contributed by atoms with Crippen LogP contribution in [0, 0.1) is 5.92 Å². The minimum Gasteiger partial charge on any atom is -0.453 e. The number of carbonyl (C=O) groups excluding carboxylic acids is 2. The third-order valence-electron chi connectivity index (χ3n) is 3.83. The van der Waals surface area contributed by atoms with E-state index in [1.807, 2.05) is 36.9 Å². The van der Waals surface area contributed by atoms with Crippen molar-refractivity contribution in [3.63, 3.8) is 0 Å². The Hall–Kier alpha value is -2.04. The third-order valence-corrected chi connectivity index (χ3v) is 3.83. The Bertz CT molecular complexity index is 528. The van der Waals surface area contributed by atoms with Crippen LogP contribution in [0.4, 0.5) is 4.79 Å². The highest BCUT2D eigenvalue weighted by molar-refractivity contribution is 5.86. The van der Waals surface area contributed by atoms with Crippen LogP contribution in [0.5, 0.6) is 0 Å². The Morgan fingerprint density at radius 3 is 2.52 bits per heavy atom. The highest BCUT2D eigenvalue weighted by atomic mass is 16.5. The van der Waals surface area contributed by atoms with Gasteiger partial charge in [0.1, 0.15) is 6.04 Å². The number of fused-ring (bicyclic) bond motifs is 1. The standard InChI is InChI=1S/C16H22N2O3/c1-11(2)14(17-16(20)21-3)15(19)18-9-8-12-6-4-5-7-13(12)10-18/h4-7,11,14H,8-10H2,1-3H3,(H,17,20)/t14-/m0/s1. The first-order valence-corrected chi connectivity index (χ1v) is 7.23. The molecule has 5 heteroatoms. The Labute approximate surface area is 125 Å². The first-order chi connectivity index (χ1) is 10.0. The second kappa shape index (κ2) is 6.61. The lowest BCUT2D eigenvalue weighted by molar-refractivity contribution is -0.135. The molecule has 0 saturated carbocycles. The molecule has 2 rings (SSSR count). The molecule has 21 heavy (non-hydrogen) atoms. The van der Waals surface area contributed by atoms with Crippen molar-refractivity contribution in [2.45, 2.75) is 32.9 Å². The molecule has 114 valence electrons. The van der Waals surface area contributed by atoms with Gasteiger partial charge in [-0.15, -0.1) is 0 Å². The van der Waals surface area contributed by atoms with E-state index in [1.165, 1.54) is 18.2 Å². The van der Waals surface area contributed by atoms with Gasteiger partial charge >= 0.3 is 6.09 Å². The molecular formula is C16H22N2O3. The van der Waals surface area contributed by atoms with Crippen LogP contribution in [0.15, 0.2) is 24.3 Å². The molecule has 0 unspecified atom stereocenters.